The van der Waals surface area contributed by atoms with Crippen molar-refractivity contribution in [3.05, 3.63) is 12.4 Å². The van der Waals surface area contributed by atoms with Gasteiger partial charge in [0.15, 0.2) is 0 Å². The molecule has 100 valence electrons. The summed E-state index contributed by atoms with van der Waals surface area (Å²) < 4.78 is 0. The van der Waals surface area contributed by atoms with Crippen molar-refractivity contribution in [3.63, 3.8) is 0 Å². The summed E-state index contributed by atoms with van der Waals surface area (Å²) in [5.41, 5.74) is 0. The SMILES string of the molecule is CCC1CCC(CNc2cc(NC)ncn2)CC1. The van der Waals surface area contributed by atoms with E-state index in [2.05, 4.69) is 27.5 Å². The van der Waals surface area contributed by atoms with Gasteiger partial charge in [0.2, 0.25) is 0 Å². The molecule has 0 radical (unpaired) electrons. The number of aromatic nitrogens is 2. The Hall–Kier alpha value is -1.32. The number of hydrogen-bond acceptors (Lipinski definition) is 4. The van der Waals surface area contributed by atoms with Crippen molar-refractivity contribution in [2.24, 2.45) is 11.8 Å². The van der Waals surface area contributed by atoms with Crippen LogP contribution in [-0.4, -0.2) is 23.6 Å². The summed E-state index contributed by atoms with van der Waals surface area (Å²) in [6, 6.07) is 1.96. The van der Waals surface area contributed by atoms with Crippen LogP contribution in [0, 0.1) is 11.8 Å². The van der Waals surface area contributed by atoms with E-state index in [4.69, 9.17) is 0 Å². The van der Waals surface area contributed by atoms with Gasteiger partial charge in [0.05, 0.1) is 0 Å². The summed E-state index contributed by atoms with van der Waals surface area (Å²) in [6.45, 7) is 3.35. The van der Waals surface area contributed by atoms with Gasteiger partial charge >= 0.3 is 0 Å². The Morgan fingerprint density at radius 1 is 1.11 bits per heavy atom. The van der Waals surface area contributed by atoms with E-state index in [0.717, 1.165) is 30.0 Å². The average Bonchev–Trinajstić information content (AvgIpc) is 2.46. The molecule has 1 aromatic heterocycles. The van der Waals surface area contributed by atoms with Crippen LogP contribution in [0.1, 0.15) is 39.0 Å². The van der Waals surface area contributed by atoms with Crippen molar-refractivity contribution in [1.29, 1.82) is 0 Å². The molecule has 0 atom stereocenters. The summed E-state index contributed by atoms with van der Waals surface area (Å²) >= 11 is 0. The van der Waals surface area contributed by atoms with Crippen LogP contribution >= 0.6 is 0 Å². The molecular formula is C14H24N4. The summed E-state index contributed by atoms with van der Waals surface area (Å²) in [7, 11) is 1.87. The van der Waals surface area contributed by atoms with Crippen LogP contribution in [0.4, 0.5) is 11.6 Å². The monoisotopic (exact) mass is 248 g/mol. The Labute approximate surface area is 110 Å². The van der Waals surface area contributed by atoms with E-state index in [1.54, 1.807) is 6.33 Å². The second-order valence-corrected chi connectivity index (χ2v) is 5.21. The molecule has 18 heavy (non-hydrogen) atoms. The Balaban J connectivity index is 1.77. The van der Waals surface area contributed by atoms with E-state index in [1.165, 1.54) is 32.1 Å². The minimum absolute atomic E-state index is 0.806. The maximum absolute atomic E-state index is 4.24. The Morgan fingerprint density at radius 3 is 2.44 bits per heavy atom. The highest BCUT2D eigenvalue weighted by Gasteiger charge is 2.19. The zero-order valence-electron chi connectivity index (χ0n) is 11.4. The van der Waals surface area contributed by atoms with Crippen LogP contribution in [-0.2, 0) is 0 Å². The van der Waals surface area contributed by atoms with Crippen LogP contribution in [0.3, 0.4) is 0 Å². The van der Waals surface area contributed by atoms with E-state index in [0.29, 0.717) is 0 Å². The Bertz CT molecular complexity index is 359. The lowest BCUT2D eigenvalue weighted by molar-refractivity contribution is 0.278. The highest BCUT2D eigenvalue weighted by atomic mass is 15.1. The van der Waals surface area contributed by atoms with Gasteiger partial charge in [-0.1, -0.05) is 26.2 Å². The zero-order chi connectivity index (χ0) is 12.8. The molecule has 1 fully saturated rings. The molecule has 1 heterocycles. The van der Waals surface area contributed by atoms with Crippen molar-refractivity contribution in [2.75, 3.05) is 24.2 Å². The summed E-state index contributed by atoms with van der Waals surface area (Å²) in [5, 5.41) is 6.46. The third kappa shape index (κ3) is 3.59. The van der Waals surface area contributed by atoms with Gasteiger partial charge in [-0.25, -0.2) is 9.97 Å². The topological polar surface area (TPSA) is 49.8 Å². The first kappa shape index (κ1) is 13.1. The fourth-order valence-electron chi connectivity index (χ4n) is 2.68. The fourth-order valence-corrected chi connectivity index (χ4v) is 2.68. The number of nitrogens with zero attached hydrogens (tertiary/aromatic N) is 2. The van der Waals surface area contributed by atoms with Crippen molar-refractivity contribution in [3.8, 4) is 0 Å². The van der Waals surface area contributed by atoms with Gasteiger partial charge in [-0.3, -0.25) is 0 Å². The fraction of sp³-hybridized carbons (Fsp3) is 0.714. The lowest BCUT2D eigenvalue weighted by Crippen LogP contribution is -2.21. The lowest BCUT2D eigenvalue weighted by Gasteiger charge is -2.27. The molecule has 1 saturated carbocycles. The van der Waals surface area contributed by atoms with E-state index in [1.807, 2.05) is 13.1 Å². The predicted octanol–water partition coefficient (Wildman–Crippen LogP) is 3.15. The molecule has 4 heteroatoms. The Kier molecular flexibility index (Phi) is 4.79. The third-order valence-corrected chi connectivity index (χ3v) is 4.04. The maximum atomic E-state index is 4.24. The number of rotatable bonds is 5. The van der Waals surface area contributed by atoms with E-state index in [9.17, 15) is 0 Å². The van der Waals surface area contributed by atoms with Gasteiger partial charge in [-0.05, 0) is 24.7 Å². The first-order valence-electron chi connectivity index (χ1n) is 7.05. The average molecular weight is 248 g/mol. The maximum Gasteiger partial charge on any atom is 0.131 e. The summed E-state index contributed by atoms with van der Waals surface area (Å²) in [4.78, 5) is 8.35. The lowest BCUT2D eigenvalue weighted by atomic mass is 9.81. The molecular weight excluding hydrogens is 224 g/mol. The highest BCUT2D eigenvalue weighted by molar-refractivity contribution is 5.45. The van der Waals surface area contributed by atoms with Gasteiger partial charge in [-0.2, -0.15) is 0 Å². The molecule has 1 aliphatic carbocycles. The second-order valence-electron chi connectivity index (χ2n) is 5.21. The molecule has 4 nitrogen and oxygen atoms in total. The predicted molar refractivity (Wildman–Crippen MR) is 75.8 cm³/mol. The molecule has 0 unspecified atom stereocenters. The van der Waals surface area contributed by atoms with Crippen LogP contribution in [0.15, 0.2) is 12.4 Å². The van der Waals surface area contributed by atoms with Gasteiger partial charge in [0.25, 0.3) is 0 Å². The van der Waals surface area contributed by atoms with E-state index < -0.39 is 0 Å². The zero-order valence-corrected chi connectivity index (χ0v) is 11.4. The minimum Gasteiger partial charge on any atom is -0.373 e. The molecule has 0 aromatic carbocycles. The Morgan fingerprint density at radius 2 is 1.78 bits per heavy atom. The molecule has 0 spiro atoms. The largest absolute Gasteiger partial charge is 0.373 e. The second kappa shape index (κ2) is 6.57. The van der Waals surface area contributed by atoms with Crippen molar-refractivity contribution in [1.82, 2.24) is 9.97 Å². The molecule has 1 aliphatic rings. The highest BCUT2D eigenvalue weighted by Crippen LogP contribution is 2.30. The normalized spacial score (nSPS) is 23.7. The first-order valence-corrected chi connectivity index (χ1v) is 7.05. The molecule has 0 bridgehead atoms. The molecule has 0 amide bonds. The van der Waals surface area contributed by atoms with Crippen molar-refractivity contribution < 1.29 is 0 Å². The number of nitrogens with one attached hydrogen (secondary N) is 2. The number of hydrogen-bond donors (Lipinski definition) is 2. The van der Waals surface area contributed by atoms with E-state index in [-0.39, 0.29) is 0 Å². The molecule has 0 aliphatic heterocycles. The van der Waals surface area contributed by atoms with Crippen LogP contribution in [0.2, 0.25) is 0 Å². The van der Waals surface area contributed by atoms with Crippen molar-refractivity contribution in [2.45, 2.75) is 39.0 Å². The van der Waals surface area contributed by atoms with Gasteiger partial charge in [-0.15, -0.1) is 0 Å². The van der Waals surface area contributed by atoms with Crippen LogP contribution in [0.25, 0.3) is 0 Å². The van der Waals surface area contributed by atoms with Crippen LogP contribution in [0.5, 0.6) is 0 Å². The van der Waals surface area contributed by atoms with E-state index >= 15 is 0 Å². The van der Waals surface area contributed by atoms with Crippen LogP contribution < -0.4 is 10.6 Å². The summed E-state index contributed by atoms with van der Waals surface area (Å²) in [5.74, 6) is 3.56. The van der Waals surface area contributed by atoms with Gasteiger partial charge < -0.3 is 10.6 Å². The van der Waals surface area contributed by atoms with Gasteiger partial charge in [0.1, 0.15) is 18.0 Å². The number of anilines is 2. The third-order valence-electron chi connectivity index (χ3n) is 4.04. The molecule has 1 aromatic rings. The molecule has 0 saturated heterocycles. The minimum atomic E-state index is 0.806. The molecule has 2 N–H and O–H groups in total. The molecule has 2 rings (SSSR count). The first-order chi connectivity index (χ1) is 8.81. The van der Waals surface area contributed by atoms with Crippen molar-refractivity contribution >= 4 is 11.6 Å². The summed E-state index contributed by atoms with van der Waals surface area (Å²) in [6.07, 6.45) is 8.45. The smallest absolute Gasteiger partial charge is 0.131 e. The standard InChI is InChI=1S/C14H24N4/c1-3-11-4-6-12(7-5-11)9-16-14-8-13(15-2)17-10-18-14/h8,10-12H,3-7,9H2,1-2H3,(H2,15,16,17,18). The van der Waals surface area contributed by atoms with Gasteiger partial charge in [0, 0.05) is 19.7 Å². The quantitative estimate of drug-likeness (QED) is 0.840.